The van der Waals surface area contributed by atoms with Crippen LogP contribution in [0.5, 0.6) is 0 Å². The van der Waals surface area contributed by atoms with Crippen LogP contribution in [0.2, 0.25) is 0 Å². The summed E-state index contributed by atoms with van der Waals surface area (Å²) in [4.78, 5) is 22.4. The molecule has 6 nitrogen and oxygen atoms in total. The summed E-state index contributed by atoms with van der Waals surface area (Å²) in [5, 5.41) is 9.16. The zero-order valence-corrected chi connectivity index (χ0v) is 15.8. The molecule has 2 atom stereocenters. The van der Waals surface area contributed by atoms with Gasteiger partial charge in [0.15, 0.2) is 0 Å². The first-order chi connectivity index (χ1) is 13.2. The maximum absolute atomic E-state index is 13.2. The Labute approximate surface area is 159 Å². The second-order valence-corrected chi connectivity index (χ2v) is 8.57. The van der Waals surface area contributed by atoms with Gasteiger partial charge in [-0.1, -0.05) is 0 Å². The van der Waals surface area contributed by atoms with Crippen molar-refractivity contribution in [3.8, 4) is 0 Å². The lowest BCUT2D eigenvalue weighted by Crippen LogP contribution is -2.45. The van der Waals surface area contributed by atoms with Crippen LogP contribution in [0.15, 0.2) is 24.5 Å². The van der Waals surface area contributed by atoms with Crippen LogP contribution >= 0.6 is 0 Å². The van der Waals surface area contributed by atoms with Crippen molar-refractivity contribution >= 4 is 16.9 Å². The van der Waals surface area contributed by atoms with Gasteiger partial charge >= 0.3 is 0 Å². The van der Waals surface area contributed by atoms with Crippen molar-refractivity contribution in [1.82, 2.24) is 19.4 Å². The van der Waals surface area contributed by atoms with E-state index in [2.05, 4.69) is 14.8 Å². The van der Waals surface area contributed by atoms with Crippen LogP contribution in [0.1, 0.15) is 36.0 Å². The van der Waals surface area contributed by atoms with E-state index in [0.29, 0.717) is 18.5 Å². The molecule has 3 saturated heterocycles. The lowest BCUT2D eigenvalue weighted by atomic mass is 9.95. The van der Waals surface area contributed by atoms with Crippen molar-refractivity contribution in [2.45, 2.75) is 38.3 Å². The lowest BCUT2D eigenvalue weighted by Gasteiger charge is -2.36. The topological polar surface area (TPSA) is 61.6 Å². The van der Waals surface area contributed by atoms with E-state index in [9.17, 15) is 4.79 Å². The fourth-order valence-electron chi connectivity index (χ4n) is 4.87. The summed E-state index contributed by atoms with van der Waals surface area (Å²) in [7, 11) is 0. The van der Waals surface area contributed by atoms with Crippen LogP contribution in [-0.2, 0) is 6.54 Å². The highest BCUT2D eigenvalue weighted by Gasteiger charge is 2.38. The number of fused-ring (bicyclic) bond motifs is 5. The van der Waals surface area contributed by atoms with Crippen molar-refractivity contribution in [1.29, 1.82) is 0 Å². The van der Waals surface area contributed by atoms with E-state index in [-0.39, 0.29) is 12.5 Å². The normalized spacial score (nSPS) is 25.9. The summed E-state index contributed by atoms with van der Waals surface area (Å²) in [6, 6.07) is 6.30. The van der Waals surface area contributed by atoms with Gasteiger partial charge in [0.05, 0.1) is 24.0 Å². The second kappa shape index (κ2) is 6.91. The van der Waals surface area contributed by atoms with Crippen LogP contribution in [0.4, 0.5) is 0 Å². The van der Waals surface area contributed by atoms with Gasteiger partial charge < -0.3 is 14.6 Å². The number of hydrogen-bond acceptors (Lipinski definition) is 4. The minimum absolute atomic E-state index is 0.0834. The van der Waals surface area contributed by atoms with E-state index in [0.717, 1.165) is 42.1 Å². The zero-order valence-electron chi connectivity index (χ0n) is 15.8. The zero-order chi connectivity index (χ0) is 18.4. The molecule has 144 valence electrons. The molecule has 2 bridgehead atoms. The standard InChI is InChI=1S/C21H28N4O2/c26-8-7-23-14-22-19-9-17(4-6-20(19)23)21(27)25-12-16-3-5-18(13-25)24(11-16)10-15-1-2-15/h4,6,9,14-16,18,26H,1-3,5,7-8,10-13H2/t16-,18-/m0/s1. The number of benzene rings is 1. The highest BCUT2D eigenvalue weighted by atomic mass is 16.3. The first-order valence-electron chi connectivity index (χ1n) is 10.3. The number of rotatable bonds is 5. The van der Waals surface area contributed by atoms with E-state index < -0.39 is 0 Å². The van der Waals surface area contributed by atoms with E-state index >= 15 is 0 Å². The summed E-state index contributed by atoms with van der Waals surface area (Å²) in [6.07, 6.45) is 6.99. The maximum atomic E-state index is 13.2. The van der Waals surface area contributed by atoms with Crippen LogP contribution in [-0.4, -0.2) is 69.2 Å². The Morgan fingerprint density at radius 2 is 2.04 bits per heavy atom. The Bertz CT molecular complexity index is 844. The molecule has 0 radical (unpaired) electrons. The Morgan fingerprint density at radius 1 is 1.15 bits per heavy atom. The minimum Gasteiger partial charge on any atom is -0.395 e. The number of aliphatic hydroxyl groups is 1. The third-order valence-corrected chi connectivity index (χ3v) is 6.51. The number of hydrogen-bond donors (Lipinski definition) is 1. The molecular weight excluding hydrogens is 340 g/mol. The minimum atomic E-state index is 0.0834. The predicted octanol–water partition coefficient (Wildman–Crippen LogP) is 1.98. The van der Waals surface area contributed by atoms with Gasteiger partial charge in [0.2, 0.25) is 0 Å². The highest BCUT2D eigenvalue weighted by molar-refractivity contribution is 5.97. The number of imidazole rings is 1. The van der Waals surface area contributed by atoms with Crippen molar-refractivity contribution < 1.29 is 9.90 Å². The quantitative estimate of drug-likeness (QED) is 0.877. The molecule has 6 rings (SSSR count). The van der Waals surface area contributed by atoms with Crippen molar-refractivity contribution in [2.75, 3.05) is 32.8 Å². The largest absolute Gasteiger partial charge is 0.395 e. The van der Waals surface area contributed by atoms with Gasteiger partial charge in [0, 0.05) is 44.3 Å². The molecule has 1 N–H and O–H groups in total. The molecule has 1 amide bonds. The number of aromatic nitrogens is 2. The molecule has 1 saturated carbocycles. The third kappa shape index (κ3) is 3.36. The van der Waals surface area contributed by atoms with Gasteiger partial charge in [0.1, 0.15) is 0 Å². The van der Waals surface area contributed by atoms with Gasteiger partial charge in [-0.2, -0.15) is 0 Å². The fraction of sp³-hybridized carbons (Fsp3) is 0.619. The van der Waals surface area contributed by atoms with Gasteiger partial charge in [-0.05, 0) is 55.7 Å². The third-order valence-electron chi connectivity index (χ3n) is 6.51. The lowest BCUT2D eigenvalue weighted by molar-refractivity contribution is 0.0737. The van der Waals surface area contributed by atoms with Gasteiger partial charge in [0.25, 0.3) is 5.91 Å². The van der Waals surface area contributed by atoms with Crippen molar-refractivity contribution in [3.05, 3.63) is 30.1 Å². The van der Waals surface area contributed by atoms with Crippen LogP contribution < -0.4 is 0 Å². The maximum Gasteiger partial charge on any atom is 0.253 e. The van der Waals surface area contributed by atoms with E-state index in [1.807, 2.05) is 22.8 Å². The smallest absolute Gasteiger partial charge is 0.253 e. The summed E-state index contributed by atoms with van der Waals surface area (Å²) < 4.78 is 1.92. The fourth-order valence-corrected chi connectivity index (χ4v) is 4.87. The molecule has 0 spiro atoms. The number of amides is 1. The monoisotopic (exact) mass is 368 g/mol. The van der Waals surface area contributed by atoms with Crippen molar-refractivity contribution in [2.24, 2.45) is 11.8 Å². The van der Waals surface area contributed by atoms with Gasteiger partial charge in [-0.15, -0.1) is 0 Å². The average molecular weight is 368 g/mol. The predicted molar refractivity (Wildman–Crippen MR) is 104 cm³/mol. The first-order valence-corrected chi connectivity index (χ1v) is 10.3. The van der Waals surface area contributed by atoms with E-state index in [4.69, 9.17) is 5.11 Å². The van der Waals surface area contributed by atoms with Gasteiger partial charge in [-0.25, -0.2) is 4.98 Å². The molecule has 1 aromatic heterocycles. The molecule has 27 heavy (non-hydrogen) atoms. The Morgan fingerprint density at radius 3 is 2.85 bits per heavy atom. The van der Waals surface area contributed by atoms with Crippen molar-refractivity contribution in [3.63, 3.8) is 0 Å². The SMILES string of the molecule is O=C(c1ccc2c(c1)ncn2CCO)N1C[C@H]2CC[C@@H](C1)N(CC1CC1)C2. The Balaban J connectivity index is 1.35. The molecule has 4 aliphatic rings. The van der Waals surface area contributed by atoms with Crippen LogP contribution in [0.25, 0.3) is 11.0 Å². The number of carbonyl (C=O) groups excluding carboxylic acids is 1. The molecular formula is C21H28N4O2. The molecule has 3 aliphatic heterocycles. The van der Waals surface area contributed by atoms with Crippen LogP contribution in [0, 0.1) is 11.8 Å². The van der Waals surface area contributed by atoms with Gasteiger partial charge in [-0.3, -0.25) is 9.69 Å². The van der Waals surface area contributed by atoms with E-state index in [1.165, 1.54) is 32.2 Å². The Kier molecular flexibility index (Phi) is 4.40. The summed E-state index contributed by atoms with van der Waals surface area (Å²) in [6.45, 7) is 4.75. The van der Waals surface area contributed by atoms with E-state index in [1.54, 1.807) is 6.33 Å². The second-order valence-electron chi connectivity index (χ2n) is 8.57. The molecule has 0 unspecified atom stereocenters. The highest BCUT2D eigenvalue weighted by Crippen LogP contribution is 2.35. The molecule has 4 heterocycles. The summed E-state index contributed by atoms with van der Waals surface area (Å²) >= 11 is 0. The van der Waals surface area contributed by atoms with Crippen LogP contribution in [0.3, 0.4) is 0 Å². The molecule has 6 heteroatoms. The summed E-state index contributed by atoms with van der Waals surface area (Å²) in [5.74, 6) is 1.66. The molecule has 1 aromatic carbocycles. The molecule has 1 aliphatic carbocycles. The number of aliphatic hydroxyl groups excluding tert-OH is 1. The molecule has 2 aromatic rings. The molecule has 4 fully saturated rings. The number of carbonyl (C=O) groups is 1. The number of piperidine rings is 1. The average Bonchev–Trinajstić information content (AvgIpc) is 3.47. The number of nitrogens with zero attached hydrogens (tertiary/aromatic N) is 4. The first kappa shape index (κ1) is 17.2. The summed E-state index contributed by atoms with van der Waals surface area (Å²) in [5.41, 5.74) is 2.52. The Hall–Kier alpha value is -1.92.